The average Bonchev–Trinajstić information content (AvgIpc) is 3.24. The Hall–Kier alpha value is -3.35. The van der Waals surface area contributed by atoms with E-state index in [9.17, 15) is 4.79 Å². The molecule has 1 aliphatic heterocycles. The number of benzene rings is 1. The van der Waals surface area contributed by atoms with E-state index in [0.717, 1.165) is 35.9 Å². The molecular formula is C20H21N5O2. The average molecular weight is 363 g/mol. The fraction of sp³-hybridized carbons (Fsp3) is 0.250. The fourth-order valence-electron chi connectivity index (χ4n) is 3.20. The fourth-order valence-corrected chi connectivity index (χ4v) is 3.20. The summed E-state index contributed by atoms with van der Waals surface area (Å²) >= 11 is 0. The Morgan fingerprint density at radius 2 is 1.89 bits per heavy atom. The van der Waals surface area contributed by atoms with Gasteiger partial charge >= 0.3 is 0 Å². The maximum Gasteiger partial charge on any atom is 0.253 e. The van der Waals surface area contributed by atoms with Crippen LogP contribution in [0.4, 0.5) is 5.82 Å². The second kappa shape index (κ2) is 7.49. The molecule has 0 unspecified atom stereocenters. The zero-order valence-corrected chi connectivity index (χ0v) is 15.1. The van der Waals surface area contributed by atoms with Crippen LogP contribution in [0.15, 0.2) is 54.9 Å². The van der Waals surface area contributed by atoms with Crippen molar-refractivity contribution in [2.45, 2.75) is 0 Å². The van der Waals surface area contributed by atoms with Crippen molar-refractivity contribution in [3.8, 4) is 17.0 Å². The van der Waals surface area contributed by atoms with Crippen molar-refractivity contribution < 1.29 is 9.53 Å². The molecule has 1 aromatic carbocycles. The van der Waals surface area contributed by atoms with Crippen LogP contribution in [-0.2, 0) is 0 Å². The maximum atomic E-state index is 12.7. The van der Waals surface area contributed by atoms with Gasteiger partial charge in [0.1, 0.15) is 5.75 Å². The molecule has 1 aliphatic rings. The molecule has 7 nitrogen and oxygen atoms in total. The molecule has 0 aliphatic carbocycles. The van der Waals surface area contributed by atoms with E-state index in [1.165, 1.54) is 0 Å². The third kappa shape index (κ3) is 3.62. The first kappa shape index (κ1) is 17.1. The largest absolute Gasteiger partial charge is 0.497 e. The molecule has 1 saturated heterocycles. The smallest absolute Gasteiger partial charge is 0.253 e. The van der Waals surface area contributed by atoms with Crippen molar-refractivity contribution in [3.05, 3.63) is 60.4 Å². The Bertz CT molecular complexity index is 900. The van der Waals surface area contributed by atoms with E-state index >= 15 is 0 Å². The van der Waals surface area contributed by atoms with E-state index in [1.54, 1.807) is 25.4 Å². The lowest BCUT2D eigenvalue weighted by molar-refractivity contribution is 0.0746. The molecule has 0 radical (unpaired) electrons. The first-order valence-corrected chi connectivity index (χ1v) is 8.88. The van der Waals surface area contributed by atoms with Gasteiger partial charge in [0.05, 0.1) is 12.8 Å². The topological polar surface area (TPSA) is 74.3 Å². The first-order valence-electron chi connectivity index (χ1n) is 8.88. The number of aromatic nitrogens is 3. The predicted molar refractivity (Wildman–Crippen MR) is 103 cm³/mol. The second-order valence-corrected chi connectivity index (χ2v) is 6.39. The minimum Gasteiger partial charge on any atom is -0.497 e. The van der Waals surface area contributed by atoms with Gasteiger partial charge in [-0.25, -0.2) is 0 Å². The van der Waals surface area contributed by atoms with E-state index in [4.69, 9.17) is 4.74 Å². The van der Waals surface area contributed by atoms with Gasteiger partial charge in [0.15, 0.2) is 5.82 Å². The number of piperazine rings is 1. The summed E-state index contributed by atoms with van der Waals surface area (Å²) in [5.41, 5.74) is 2.63. The number of methoxy groups -OCH3 is 1. The summed E-state index contributed by atoms with van der Waals surface area (Å²) in [6, 6.07) is 13.2. The molecule has 4 rings (SSSR count). The van der Waals surface area contributed by atoms with Gasteiger partial charge in [0, 0.05) is 55.8 Å². The van der Waals surface area contributed by atoms with Gasteiger partial charge in [-0.3, -0.25) is 14.9 Å². The predicted octanol–water partition coefficient (Wildman–Crippen LogP) is 2.44. The third-order valence-electron chi connectivity index (χ3n) is 4.76. The van der Waals surface area contributed by atoms with Crippen LogP contribution in [0.3, 0.4) is 0 Å². The number of carbonyl (C=O) groups excluding carboxylic acids is 1. The van der Waals surface area contributed by atoms with Crippen LogP contribution in [0.2, 0.25) is 0 Å². The molecule has 0 atom stereocenters. The Labute approximate surface area is 157 Å². The lowest BCUT2D eigenvalue weighted by atomic mass is 10.1. The lowest BCUT2D eigenvalue weighted by Gasteiger charge is -2.34. The van der Waals surface area contributed by atoms with Crippen LogP contribution in [0, 0.1) is 0 Å². The highest BCUT2D eigenvalue weighted by Gasteiger charge is 2.23. The molecule has 0 spiro atoms. The SMILES string of the molecule is COc1ccc(C(=O)N2CCN(c3cc(-c4cccnc4)[nH]n3)CC2)cc1. The number of ether oxygens (including phenoxy) is 1. The van der Waals surface area contributed by atoms with Gasteiger partial charge in [-0.15, -0.1) is 0 Å². The van der Waals surface area contributed by atoms with Crippen molar-refractivity contribution in [3.63, 3.8) is 0 Å². The molecule has 0 saturated carbocycles. The Morgan fingerprint density at radius 1 is 1.11 bits per heavy atom. The summed E-state index contributed by atoms with van der Waals surface area (Å²) < 4.78 is 5.15. The zero-order chi connectivity index (χ0) is 18.6. The number of nitrogens with one attached hydrogen (secondary N) is 1. The van der Waals surface area contributed by atoms with E-state index in [2.05, 4.69) is 20.1 Å². The van der Waals surface area contributed by atoms with E-state index in [0.29, 0.717) is 18.7 Å². The monoisotopic (exact) mass is 363 g/mol. The van der Waals surface area contributed by atoms with Crippen LogP contribution >= 0.6 is 0 Å². The molecule has 3 aromatic rings. The van der Waals surface area contributed by atoms with Crippen molar-refractivity contribution in [1.29, 1.82) is 0 Å². The lowest BCUT2D eigenvalue weighted by Crippen LogP contribution is -2.48. The van der Waals surface area contributed by atoms with Gasteiger partial charge < -0.3 is 14.5 Å². The van der Waals surface area contributed by atoms with E-state index in [1.807, 2.05) is 41.4 Å². The molecule has 27 heavy (non-hydrogen) atoms. The standard InChI is InChI=1S/C20H21N5O2/c1-27-17-6-4-15(5-7-17)20(26)25-11-9-24(10-12-25)19-13-18(22-23-19)16-3-2-8-21-14-16/h2-8,13-14H,9-12H2,1H3,(H,22,23). The number of aromatic amines is 1. The first-order chi connectivity index (χ1) is 13.2. The van der Waals surface area contributed by atoms with E-state index < -0.39 is 0 Å². The second-order valence-electron chi connectivity index (χ2n) is 6.39. The number of H-pyrrole nitrogens is 1. The summed E-state index contributed by atoms with van der Waals surface area (Å²) in [5.74, 6) is 1.69. The Balaban J connectivity index is 1.39. The van der Waals surface area contributed by atoms with Crippen LogP contribution in [-0.4, -0.2) is 59.3 Å². The van der Waals surface area contributed by atoms with Gasteiger partial charge in [-0.05, 0) is 36.4 Å². The highest BCUT2D eigenvalue weighted by molar-refractivity contribution is 5.94. The van der Waals surface area contributed by atoms with Crippen molar-refractivity contribution in [1.82, 2.24) is 20.1 Å². The number of amides is 1. The zero-order valence-electron chi connectivity index (χ0n) is 15.1. The van der Waals surface area contributed by atoms with Crippen molar-refractivity contribution in [2.24, 2.45) is 0 Å². The normalized spacial score (nSPS) is 14.3. The summed E-state index contributed by atoms with van der Waals surface area (Å²) in [6.45, 7) is 2.83. The van der Waals surface area contributed by atoms with Gasteiger partial charge in [-0.2, -0.15) is 5.10 Å². The molecule has 7 heteroatoms. The minimum absolute atomic E-state index is 0.0513. The highest BCUT2D eigenvalue weighted by Crippen LogP contribution is 2.22. The van der Waals surface area contributed by atoms with Crippen molar-refractivity contribution >= 4 is 11.7 Å². The number of pyridine rings is 1. The van der Waals surface area contributed by atoms with Gasteiger partial charge in [-0.1, -0.05) is 0 Å². The summed E-state index contributed by atoms with van der Waals surface area (Å²) in [6.07, 6.45) is 3.56. The van der Waals surface area contributed by atoms with Crippen LogP contribution in [0.5, 0.6) is 5.75 Å². The van der Waals surface area contributed by atoms with Crippen LogP contribution in [0.25, 0.3) is 11.3 Å². The summed E-state index contributed by atoms with van der Waals surface area (Å²) in [7, 11) is 1.62. The molecule has 1 fully saturated rings. The molecule has 3 heterocycles. The molecule has 2 aromatic heterocycles. The Kier molecular flexibility index (Phi) is 4.74. The molecule has 1 N–H and O–H groups in total. The summed E-state index contributed by atoms with van der Waals surface area (Å²) in [5, 5.41) is 7.49. The van der Waals surface area contributed by atoms with Gasteiger partial charge in [0.2, 0.25) is 0 Å². The number of hydrogen-bond donors (Lipinski definition) is 1. The van der Waals surface area contributed by atoms with Crippen LogP contribution in [0.1, 0.15) is 10.4 Å². The molecular weight excluding hydrogens is 342 g/mol. The minimum atomic E-state index is 0.0513. The quantitative estimate of drug-likeness (QED) is 0.771. The van der Waals surface area contributed by atoms with Gasteiger partial charge in [0.25, 0.3) is 5.91 Å². The highest BCUT2D eigenvalue weighted by atomic mass is 16.5. The molecule has 138 valence electrons. The Morgan fingerprint density at radius 3 is 2.56 bits per heavy atom. The number of rotatable bonds is 4. The number of hydrogen-bond acceptors (Lipinski definition) is 5. The number of carbonyl (C=O) groups is 1. The molecule has 0 bridgehead atoms. The summed E-state index contributed by atoms with van der Waals surface area (Å²) in [4.78, 5) is 20.9. The van der Waals surface area contributed by atoms with E-state index in [-0.39, 0.29) is 5.91 Å². The number of anilines is 1. The molecule has 1 amide bonds. The third-order valence-corrected chi connectivity index (χ3v) is 4.76. The maximum absolute atomic E-state index is 12.7. The number of nitrogens with zero attached hydrogens (tertiary/aromatic N) is 4. The van der Waals surface area contributed by atoms with Crippen LogP contribution < -0.4 is 9.64 Å². The van der Waals surface area contributed by atoms with Crippen molar-refractivity contribution in [2.75, 3.05) is 38.2 Å².